The fourth-order valence-corrected chi connectivity index (χ4v) is 0.993. The summed E-state index contributed by atoms with van der Waals surface area (Å²) < 4.78 is 0. The van der Waals surface area contributed by atoms with Gasteiger partial charge in [0.25, 0.3) is 0 Å². The molecule has 1 heterocycles. The first-order valence-corrected chi connectivity index (χ1v) is 4.67. The van der Waals surface area contributed by atoms with Crippen LogP contribution in [-0.2, 0) is 4.79 Å². The lowest BCUT2D eigenvalue weighted by Gasteiger charge is -2.05. The maximum absolute atomic E-state index is 10.5. The Hall–Kier alpha value is -1.63. The van der Waals surface area contributed by atoms with Crippen molar-refractivity contribution in [3.63, 3.8) is 0 Å². The molecule has 0 radical (unpaired) electrons. The number of aromatic nitrogens is 3. The summed E-state index contributed by atoms with van der Waals surface area (Å²) in [5.74, 6) is 0.0609. The standard InChI is InChI=1S/C7H11ClN6O/c1-2-10-6-12-5(8)13-7(14-6)11-3-4(9)15/h2-3H2,1H3,(H2,9,15)(H2,10,11,12,13,14). The number of nitrogens with two attached hydrogens (primary N) is 1. The molecule has 0 aromatic carbocycles. The summed E-state index contributed by atoms with van der Waals surface area (Å²) in [5, 5.41) is 5.55. The molecule has 82 valence electrons. The molecular formula is C7H11ClN6O. The molecule has 0 aliphatic carbocycles. The minimum absolute atomic E-state index is 0.0490. The fourth-order valence-electron chi connectivity index (χ4n) is 0.832. The summed E-state index contributed by atoms with van der Waals surface area (Å²) in [6, 6.07) is 0. The van der Waals surface area contributed by atoms with Crippen molar-refractivity contribution in [2.75, 3.05) is 23.7 Å². The molecule has 0 saturated carbocycles. The quantitative estimate of drug-likeness (QED) is 0.650. The van der Waals surface area contributed by atoms with Gasteiger partial charge < -0.3 is 16.4 Å². The predicted molar refractivity (Wildman–Crippen MR) is 56.7 cm³/mol. The Balaban J connectivity index is 2.74. The molecule has 0 fully saturated rings. The van der Waals surface area contributed by atoms with Crippen molar-refractivity contribution in [1.82, 2.24) is 15.0 Å². The van der Waals surface area contributed by atoms with E-state index in [-0.39, 0.29) is 17.8 Å². The topological polar surface area (TPSA) is 106 Å². The summed E-state index contributed by atoms with van der Waals surface area (Å²) in [6.07, 6.45) is 0. The van der Waals surface area contributed by atoms with Gasteiger partial charge in [0, 0.05) is 6.54 Å². The van der Waals surface area contributed by atoms with E-state index in [0.717, 1.165) is 0 Å². The average Bonchev–Trinajstić information content (AvgIpc) is 2.14. The SMILES string of the molecule is CCNc1nc(Cl)nc(NCC(N)=O)n1. The molecule has 1 aromatic rings. The number of halogens is 1. The number of hydrogen-bond donors (Lipinski definition) is 3. The fraction of sp³-hybridized carbons (Fsp3) is 0.429. The summed E-state index contributed by atoms with van der Waals surface area (Å²) in [7, 11) is 0. The predicted octanol–water partition coefficient (Wildman–Crippen LogP) is -0.146. The van der Waals surface area contributed by atoms with E-state index in [1.54, 1.807) is 0 Å². The van der Waals surface area contributed by atoms with Crippen molar-refractivity contribution in [2.45, 2.75) is 6.92 Å². The second kappa shape index (κ2) is 5.30. The first-order valence-electron chi connectivity index (χ1n) is 4.29. The second-order valence-corrected chi connectivity index (χ2v) is 2.94. The Bertz CT molecular complexity index is 357. The molecule has 0 aliphatic rings. The molecule has 15 heavy (non-hydrogen) atoms. The van der Waals surface area contributed by atoms with Gasteiger partial charge >= 0.3 is 0 Å². The van der Waals surface area contributed by atoms with Crippen molar-refractivity contribution >= 4 is 29.4 Å². The number of nitrogens with zero attached hydrogens (tertiary/aromatic N) is 3. The normalized spacial score (nSPS) is 9.73. The van der Waals surface area contributed by atoms with Crippen molar-refractivity contribution < 1.29 is 4.79 Å². The van der Waals surface area contributed by atoms with Gasteiger partial charge in [0.05, 0.1) is 6.54 Å². The maximum Gasteiger partial charge on any atom is 0.236 e. The number of hydrogen-bond acceptors (Lipinski definition) is 6. The molecule has 1 aromatic heterocycles. The molecule has 1 rings (SSSR count). The first-order chi connectivity index (χ1) is 7.11. The first kappa shape index (κ1) is 11.4. The largest absolute Gasteiger partial charge is 0.368 e. The van der Waals surface area contributed by atoms with Crippen LogP contribution in [0.2, 0.25) is 5.28 Å². The number of nitrogens with one attached hydrogen (secondary N) is 2. The molecule has 0 atom stereocenters. The van der Waals surface area contributed by atoms with Crippen LogP contribution in [-0.4, -0.2) is 33.9 Å². The van der Waals surface area contributed by atoms with E-state index in [2.05, 4.69) is 25.6 Å². The number of rotatable bonds is 5. The molecule has 0 bridgehead atoms. The van der Waals surface area contributed by atoms with Crippen LogP contribution in [0.15, 0.2) is 0 Å². The van der Waals surface area contributed by atoms with Gasteiger partial charge in [-0.05, 0) is 18.5 Å². The lowest BCUT2D eigenvalue weighted by molar-refractivity contribution is -0.116. The molecule has 4 N–H and O–H groups in total. The van der Waals surface area contributed by atoms with E-state index in [1.165, 1.54) is 0 Å². The van der Waals surface area contributed by atoms with E-state index in [4.69, 9.17) is 17.3 Å². The maximum atomic E-state index is 10.5. The van der Waals surface area contributed by atoms with E-state index >= 15 is 0 Å². The summed E-state index contributed by atoms with van der Waals surface area (Å²) in [6.45, 7) is 2.51. The third-order valence-electron chi connectivity index (χ3n) is 1.36. The third kappa shape index (κ3) is 3.94. The lowest BCUT2D eigenvalue weighted by atomic mass is 10.6. The van der Waals surface area contributed by atoms with Crippen LogP contribution in [0.4, 0.5) is 11.9 Å². The Labute approximate surface area is 91.5 Å². The number of carbonyl (C=O) groups excluding carboxylic acids is 1. The number of primary amides is 1. The Morgan fingerprint density at radius 1 is 1.33 bits per heavy atom. The highest BCUT2D eigenvalue weighted by molar-refractivity contribution is 6.28. The van der Waals surface area contributed by atoms with E-state index in [0.29, 0.717) is 12.5 Å². The van der Waals surface area contributed by atoms with Gasteiger partial charge in [0.1, 0.15) is 0 Å². The van der Waals surface area contributed by atoms with Gasteiger partial charge in [-0.2, -0.15) is 15.0 Å². The zero-order valence-corrected chi connectivity index (χ0v) is 8.88. The van der Waals surface area contributed by atoms with E-state index in [9.17, 15) is 4.79 Å². The van der Waals surface area contributed by atoms with Gasteiger partial charge in [-0.1, -0.05) is 0 Å². The minimum atomic E-state index is -0.503. The minimum Gasteiger partial charge on any atom is -0.368 e. The summed E-state index contributed by atoms with van der Waals surface area (Å²) in [5.41, 5.74) is 4.95. The van der Waals surface area contributed by atoms with Crippen LogP contribution < -0.4 is 16.4 Å². The molecule has 1 amide bonds. The van der Waals surface area contributed by atoms with Gasteiger partial charge in [-0.25, -0.2) is 0 Å². The average molecular weight is 231 g/mol. The van der Waals surface area contributed by atoms with E-state index in [1.807, 2.05) is 6.92 Å². The molecular weight excluding hydrogens is 220 g/mol. The Morgan fingerprint density at radius 2 is 1.93 bits per heavy atom. The lowest BCUT2D eigenvalue weighted by Crippen LogP contribution is -2.23. The van der Waals surface area contributed by atoms with Crippen LogP contribution >= 0.6 is 11.6 Å². The Kier molecular flexibility index (Phi) is 4.04. The third-order valence-corrected chi connectivity index (χ3v) is 1.53. The smallest absolute Gasteiger partial charge is 0.236 e. The molecule has 8 heteroatoms. The highest BCUT2D eigenvalue weighted by atomic mass is 35.5. The zero-order chi connectivity index (χ0) is 11.3. The van der Waals surface area contributed by atoms with Crippen molar-refractivity contribution in [3.05, 3.63) is 5.28 Å². The van der Waals surface area contributed by atoms with Gasteiger partial charge in [0.15, 0.2) is 0 Å². The second-order valence-electron chi connectivity index (χ2n) is 2.60. The van der Waals surface area contributed by atoms with Crippen LogP contribution in [0.5, 0.6) is 0 Å². The number of carbonyl (C=O) groups is 1. The molecule has 7 nitrogen and oxygen atoms in total. The highest BCUT2D eigenvalue weighted by Gasteiger charge is 2.04. The summed E-state index contributed by atoms with van der Waals surface area (Å²) >= 11 is 5.64. The molecule has 0 saturated heterocycles. The van der Waals surface area contributed by atoms with E-state index < -0.39 is 5.91 Å². The van der Waals surface area contributed by atoms with Crippen LogP contribution in [0.1, 0.15) is 6.92 Å². The van der Waals surface area contributed by atoms with Gasteiger partial charge in [0.2, 0.25) is 23.1 Å². The molecule has 0 unspecified atom stereocenters. The zero-order valence-electron chi connectivity index (χ0n) is 8.12. The van der Waals surface area contributed by atoms with Gasteiger partial charge in [-0.15, -0.1) is 0 Å². The monoisotopic (exact) mass is 230 g/mol. The van der Waals surface area contributed by atoms with Crippen molar-refractivity contribution in [2.24, 2.45) is 5.73 Å². The highest BCUT2D eigenvalue weighted by Crippen LogP contribution is 2.08. The number of anilines is 2. The van der Waals surface area contributed by atoms with Crippen LogP contribution in [0, 0.1) is 0 Å². The van der Waals surface area contributed by atoms with Crippen molar-refractivity contribution in [3.8, 4) is 0 Å². The Morgan fingerprint density at radius 3 is 2.47 bits per heavy atom. The van der Waals surface area contributed by atoms with Crippen molar-refractivity contribution in [1.29, 1.82) is 0 Å². The molecule has 0 spiro atoms. The van der Waals surface area contributed by atoms with Crippen LogP contribution in [0.25, 0.3) is 0 Å². The molecule has 0 aliphatic heterocycles. The number of amides is 1. The van der Waals surface area contributed by atoms with Gasteiger partial charge in [-0.3, -0.25) is 4.79 Å². The van der Waals surface area contributed by atoms with Crippen LogP contribution in [0.3, 0.4) is 0 Å². The summed E-state index contributed by atoms with van der Waals surface area (Å²) in [4.78, 5) is 22.1.